The molecule has 150 valence electrons. The number of carbonyl (C=O) groups is 1. The van der Waals surface area contributed by atoms with Gasteiger partial charge in [-0.2, -0.15) is 0 Å². The zero-order chi connectivity index (χ0) is 19.8. The van der Waals surface area contributed by atoms with Crippen LogP contribution in [0.15, 0.2) is 48.5 Å². The summed E-state index contributed by atoms with van der Waals surface area (Å²) in [5.74, 6) is 0.537. The van der Waals surface area contributed by atoms with Gasteiger partial charge in [0.1, 0.15) is 11.6 Å². The molecule has 5 nitrogen and oxygen atoms in total. The SMILES string of the molecule is COc1ccccc1C(CNC(=O)CCc1ccc(F)cc1)N1CCOCC1. The second-order valence-corrected chi connectivity index (χ2v) is 6.84. The Kier molecular flexibility index (Phi) is 7.39. The number of carbonyl (C=O) groups excluding carboxylic acids is 1. The first-order valence-electron chi connectivity index (χ1n) is 9.63. The smallest absolute Gasteiger partial charge is 0.220 e. The van der Waals surface area contributed by atoms with E-state index in [0.717, 1.165) is 30.0 Å². The number of benzene rings is 2. The number of ether oxygens (including phenoxy) is 2. The van der Waals surface area contributed by atoms with E-state index in [2.05, 4.69) is 10.2 Å². The number of nitrogens with one attached hydrogen (secondary N) is 1. The Morgan fingerprint density at radius 1 is 1.18 bits per heavy atom. The fourth-order valence-corrected chi connectivity index (χ4v) is 3.47. The van der Waals surface area contributed by atoms with E-state index in [1.807, 2.05) is 24.3 Å². The van der Waals surface area contributed by atoms with Crippen LogP contribution >= 0.6 is 0 Å². The average Bonchev–Trinajstić information content (AvgIpc) is 2.74. The number of nitrogens with zero attached hydrogens (tertiary/aromatic N) is 1. The quantitative estimate of drug-likeness (QED) is 0.758. The Morgan fingerprint density at radius 2 is 1.89 bits per heavy atom. The van der Waals surface area contributed by atoms with Gasteiger partial charge in [-0.15, -0.1) is 0 Å². The molecule has 6 heteroatoms. The van der Waals surface area contributed by atoms with Crippen molar-refractivity contribution < 1.29 is 18.7 Å². The molecule has 0 aromatic heterocycles. The van der Waals surface area contributed by atoms with Gasteiger partial charge in [0.2, 0.25) is 5.91 Å². The molecule has 1 heterocycles. The second-order valence-electron chi connectivity index (χ2n) is 6.84. The number of aryl methyl sites for hydroxylation is 1. The summed E-state index contributed by atoms with van der Waals surface area (Å²) < 4.78 is 24.0. The first kappa shape index (κ1) is 20.3. The van der Waals surface area contributed by atoms with Crippen LogP contribution in [0.25, 0.3) is 0 Å². The number of para-hydroxylation sites is 1. The highest BCUT2D eigenvalue weighted by Gasteiger charge is 2.25. The zero-order valence-corrected chi connectivity index (χ0v) is 16.2. The molecule has 0 radical (unpaired) electrons. The van der Waals surface area contributed by atoms with Crippen LogP contribution in [0.2, 0.25) is 0 Å². The third-order valence-electron chi connectivity index (χ3n) is 5.03. The van der Waals surface area contributed by atoms with Crippen LogP contribution in [0, 0.1) is 5.82 Å². The molecule has 2 aromatic carbocycles. The molecule has 28 heavy (non-hydrogen) atoms. The maximum absolute atomic E-state index is 13.0. The molecule has 1 N–H and O–H groups in total. The fourth-order valence-electron chi connectivity index (χ4n) is 3.47. The highest BCUT2D eigenvalue weighted by Crippen LogP contribution is 2.29. The Bertz CT molecular complexity index is 761. The minimum absolute atomic E-state index is 0.0162. The Morgan fingerprint density at radius 3 is 2.61 bits per heavy atom. The predicted octanol–water partition coefficient (Wildman–Crippen LogP) is 2.96. The van der Waals surface area contributed by atoms with E-state index in [-0.39, 0.29) is 17.8 Å². The molecule has 1 amide bonds. The molecule has 1 unspecified atom stereocenters. The number of halogens is 1. The Hall–Kier alpha value is -2.44. The standard InChI is InChI=1S/C22H27FN2O3/c1-27-21-5-3-2-4-19(21)20(25-12-14-28-15-13-25)16-24-22(26)11-8-17-6-9-18(23)10-7-17/h2-7,9-10,20H,8,11-16H2,1H3,(H,24,26). The summed E-state index contributed by atoms with van der Waals surface area (Å²) in [5.41, 5.74) is 2.01. The van der Waals surface area contributed by atoms with Crippen LogP contribution in [0.3, 0.4) is 0 Å². The first-order chi connectivity index (χ1) is 13.7. The van der Waals surface area contributed by atoms with Crippen molar-refractivity contribution in [3.63, 3.8) is 0 Å². The van der Waals surface area contributed by atoms with E-state index in [1.54, 1.807) is 19.2 Å². The average molecular weight is 386 g/mol. The van der Waals surface area contributed by atoms with Crippen molar-refractivity contribution in [3.8, 4) is 5.75 Å². The number of rotatable bonds is 8. The van der Waals surface area contributed by atoms with E-state index in [4.69, 9.17) is 9.47 Å². The Labute approximate surface area is 165 Å². The number of hydrogen-bond donors (Lipinski definition) is 1. The summed E-state index contributed by atoms with van der Waals surface area (Å²) in [6.07, 6.45) is 0.955. The van der Waals surface area contributed by atoms with Gasteiger partial charge in [-0.1, -0.05) is 30.3 Å². The molecule has 0 bridgehead atoms. The van der Waals surface area contributed by atoms with E-state index < -0.39 is 0 Å². The second kappa shape index (κ2) is 10.2. The molecule has 1 atom stereocenters. The van der Waals surface area contributed by atoms with Gasteiger partial charge in [0.05, 0.1) is 26.4 Å². The third-order valence-corrected chi connectivity index (χ3v) is 5.03. The van der Waals surface area contributed by atoms with Crippen LogP contribution in [0.4, 0.5) is 4.39 Å². The summed E-state index contributed by atoms with van der Waals surface area (Å²) in [5, 5.41) is 3.06. The van der Waals surface area contributed by atoms with Crippen molar-refractivity contribution in [2.24, 2.45) is 0 Å². The molecule has 0 aliphatic carbocycles. The lowest BCUT2D eigenvalue weighted by molar-refractivity contribution is -0.121. The van der Waals surface area contributed by atoms with Crippen LogP contribution in [-0.4, -0.2) is 50.8 Å². The van der Waals surface area contributed by atoms with Gasteiger partial charge in [0.15, 0.2) is 0 Å². The van der Waals surface area contributed by atoms with Gasteiger partial charge in [0.25, 0.3) is 0 Å². The monoisotopic (exact) mass is 386 g/mol. The van der Waals surface area contributed by atoms with Gasteiger partial charge in [-0.05, 0) is 30.2 Å². The van der Waals surface area contributed by atoms with Crippen LogP contribution in [0.5, 0.6) is 5.75 Å². The minimum atomic E-state index is -0.265. The minimum Gasteiger partial charge on any atom is -0.496 e. The molecular weight excluding hydrogens is 359 g/mol. The van der Waals surface area contributed by atoms with E-state index in [0.29, 0.717) is 32.6 Å². The van der Waals surface area contributed by atoms with Crippen molar-refractivity contribution in [2.45, 2.75) is 18.9 Å². The number of hydrogen-bond acceptors (Lipinski definition) is 4. The summed E-state index contributed by atoms with van der Waals surface area (Å²) in [6.45, 7) is 3.50. The van der Waals surface area contributed by atoms with Crippen molar-refractivity contribution in [3.05, 3.63) is 65.5 Å². The summed E-state index contributed by atoms with van der Waals surface area (Å²) in [4.78, 5) is 14.7. The molecule has 2 aromatic rings. The highest BCUT2D eigenvalue weighted by atomic mass is 19.1. The molecule has 1 saturated heterocycles. The molecule has 0 saturated carbocycles. The number of amides is 1. The fraction of sp³-hybridized carbons (Fsp3) is 0.409. The highest BCUT2D eigenvalue weighted by molar-refractivity contribution is 5.76. The normalized spacial score (nSPS) is 15.8. The lowest BCUT2D eigenvalue weighted by Gasteiger charge is -2.35. The van der Waals surface area contributed by atoms with Gasteiger partial charge >= 0.3 is 0 Å². The molecule has 0 spiro atoms. The maximum atomic E-state index is 13.0. The topological polar surface area (TPSA) is 50.8 Å². The first-order valence-corrected chi connectivity index (χ1v) is 9.63. The predicted molar refractivity (Wildman–Crippen MR) is 106 cm³/mol. The van der Waals surface area contributed by atoms with E-state index in [9.17, 15) is 9.18 Å². The van der Waals surface area contributed by atoms with Crippen molar-refractivity contribution >= 4 is 5.91 Å². The van der Waals surface area contributed by atoms with Crippen molar-refractivity contribution in [1.82, 2.24) is 10.2 Å². The molecule has 1 fully saturated rings. The summed E-state index contributed by atoms with van der Waals surface area (Å²) >= 11 is 0. The lowest BCUT2D eigenvalue weighted by atomic mass is 10.0. The van der Waals surface area contributed by atoms with E-state index in [1.165, 1.54) is 12.1 Å². The third kappa shape index (κ3) is 5.53. The molecule has 3 rings (SSSR count). The van der Waals surface area contributed by atoms with Gasteiger partial charge in [-0.3, -0.25) is 9.69 Å². The van der Waals surface area contributed by atoms with Gasteiger partial charge in [0, 0.05) is 31.6 Å². The van der Waals surface area contributed by atoms with Gasteiger partial charge < -0.3 is 14.8 Å². The van der Waals surface area contributed by atoms with Crippen LogP contribution in [0.1, 0.15) is 23.6 Å². The summed E-state index contributed by atoms with van der Waals surface area (Å²) in [6, 6.07) is 14.2. The van der Waals surface area contributed by atoms with Gasteiger partial charge in [-0.25, -0.2) is 4.39 Å². The lowest BCUT2D eigenvalue weighted by Crippen LogP contribution is -2.44. The van der Waals surface area contributed by atoms with Crippen molar-refractivity contribution in [1.29, 1.82) is 0 Å². The maximum Gasteiger partial charge on any atom is 0.220 e. The summed E-state index contributed by atoms with van der Waals surface area (Å²) in [7, 11) is 1.66. The Balaban J connectivity index is 1.62. The number of methoxy groups -OCH3 is 1. The van der Waals surface area contributed by atoms with Crippen molar-refractivity contribution in [2.75, 3.05) is 40.0 Å². The van der Waals surface area contributed by atoms with Crippen LogP contribution in [-0.2, 0) is 16.0 Å². The molecular formula is C22H27FN2O3. The zero-order valence-electron chi connectivity index (χ0n) is 16.2. The molecule has 1 aliphatic heterocycles. The van der Waals surface area contributed by atoms with Crippen LogP contribution < -0.4 is 10.1 Å². The largest absolute Gasteiger partial charge is 0.496 e. The molecule has 1 aliphatic rings. The number of morpholine rings is 1. The van der Waals surface area contributed by atoms with E-state index >= 15 is 0 Å².